The molecule has 2 aromatic carbocycles. The highest BCUT2D eigenvalue weighted by Crippen LogP contribution is 2.44. The van der Waals surface area contributed by atoms with Crippen molar-refractivity contribution < 1.29 is 24.2 Å². The summed E-state index contributed by atoms with van der Waals surface area (Å²) in [5, 5.41) is 11.8. The molecule has 2 amide bonds. The zero-order valence-corrected chi connectivity index (χ0v) is 21.5. The minimum atomic E-state index is -1.23. The molecule has 4 rings (SSSR count). The number of hydrogen-bond donors (Lipinski definition) is 2. The molecule has 1 unspecified atom stereocenters. The zero-order chi connectivity index (χ0) is 24.9. The molecular weight excluding hydrogens is 532 g/mol. The van der Waals surface area contributed by atoms with Crippen LogP contribution in [0.3, 0.4) is 0 Å². The van der Waals surface area contributed by atoms with Crippen LogP contribution in [0.15, 0.2) is 64.5 Å². The van der Waals surface area contributed by atoms with Crippen molar-refractivity contribution in [3.05, 3.63) is 80.5 Å². The zero-order valence-electron chi connectivity index (χ0n) is 19.1. The lowest BCUT2D eigenvalue weighted by atomic mass is 9.98. The van der Waals surface area contributed by atoms with Gasteiger partial charge in [-0.05, 0) is 57.2 Å². The van der Waals surface area contributed by atoms with E-state index in [9.17, 15) is 19.5 Å². The number of aliphatic carboxylic acids is 1. The van der Waals surface area contributed by atoms with Gasteiger partial charge in [0.1, 0.15) is 12.6 Å². The number of thiophene rings is 1. The Balaban J connectivity index is 1.43. The summed E-state index contributed by atoms with van der Waals surface area (Å²) in [6, 6.07) is 18.5. The number of nitrogens with one attached hydrogen (secondary N) is 1. The van der Waals surface area contributed by atoms with E-state index in [1.807, 2.05) is 67.6 Å². The van der Waals surface area contributed by atoms with Gasteiger partial charge < -0.3 is 20.1 Å². The Hall–Kier alpha value is -3.17. The van der Waals surface area contributed by atoms with Crippen molar-refractivity contribution in [1.82, 2.24) is 10.2 Å². The number of likely N-dealkylation sites (N-methyl/N-ethyl adjacent to an activating group) is 1. The van der Waals surface area contributed by atoms with Gasteiger partial charge in [0.25, 0.3) is 0 Å². The first kappa shape index (κ1) is 24.9. The molecule has 1 heterocycles. The van der Waals surface area contributed by atoms with Crippen molar-refractivity contribution in [2.45, 2.75) is 31.8 Å². The molecule has 182 valence electrons. The number of amides is 2. The highest BCUT2D eigenvalue weighted by Gasteiger charge is 2.31. The molecule has 3 aromatic rings. The molecule has 0 saturated carbocycles. The van der Waals surface area contributed by atoms with Crippen molar-refractivity contribution in [3.8, 4) is 11.1 Å². The Morgan fingerprint density at radius 2 is 1.69 bits per heavy atom. The second kappa shape index (κ2) is 11.0. The summed E-state index contributed by atoms with van der Waals surface area (Å²) >= 11 is 4.90. The lowest BCUT2D eigenvalue weighted by Crippen LogP contribution is -2.49. The Labute approximate surface area is 215 Å². The first-order valence-electron chi connectivity index (χ1n) is 11.2. The van der Waals surface area contributed by atoms with Crippen LogP contribution in [0, 0.1) is 0 Å². The topological polar surface area (TPSA) is 95.9 Å². The number of carbonyl (C=O) groups excluding carboxylic acids is 2. The summed E-state index contributed by atoms with van der Waals surface area (Å²) in [6.07, 6.45) is -1.35. The van der Waals surface area contributed by atoms with Crippen LogP contribution in [0.4, 0.5) is 4.79 Å². The monoisotopic (exact) mass is 556 g/mol. The average molecular weight is 557 g/mol. The smallest absolute Gasteiger partial charge is 0.407 e. The van der Waals surface area contributed by atoms with Crippen molar-refractivity contribution in [3.63, 3.8) is 0 Å². The van der Waals surface area contributed by atoms with Gasteiger partial charge in [0.15, 0.2) is 0 Å². The van der Waals surface area contributed by atoms with Crippen molar-refractivity contribution in [2.24, 2.45) is 0 Å². The Bertz CT molecular complexity index is 1200. The molecule has 7 nitrogen and oxygen atoms in total. The van der Waals surface area contributed by atoms with Crippen molar-refractivity contribution in [2.75, 3.05) is 13.2 Å². The molecule has 0 saturated heterocycles. The molecule has 0 spiro atoms. The quantitative estimate of drug-likeness (QED) is 0.375. The molecule has 9 heteroatoms. The molecule has 1 aromatic heterocycles. The normalized spacial score (nSPS) is 13.0. The maximum absolute atomic E-state index is 13.1. The van der Waals surface area contributed by atoms with Gasteiger partial charge in [0.2, 0.25) is 5.91 Å². The third kappa shape index (κ3) is 5.74. The summed E-state index contributed by atoms with van der Waals surface area (Å²) < 4.78 is 6.46. The summed E-state index contributed by atoms with van der Waals surface area (Å²) in [6.45, 7) is 2.59. The lowest BCUT2D eigenvalue weighted by molar-refractivity contribution is -0.142. The Kier molecular flexibility index (Phi) is 7.87. The van der Waals surface area contributed by atoms with Crippen LogP contribution in [0.1, 0.15) is 35.3 Å². The van der Waals surface area contributed by atoms with Gasteiger partial charge in [0.05, 0.1) is 16.8 Å². The van der Waals surface area contributed by atoms with E-state index in [0.717, 1.165) is 30.9 Å². The van der Waals surface area contributed by atoms with Crippen LogP contribution >= 0.6 is 27.3 Å². The van der Waals surface area contributed by atoms with Crippen molar-refractivity contribution in [1.29, 1.82) is 0 Å². The molecule has 0 bridgehead atoms. The highest BCUT2D eigenvalue weighted by atomic mass is 79.9. The van der Waals surface area contributed by atoms with Crippen LogP contribution in [0.25, 0.3) is 11.1 Å². The van der Waals surface area contributed by atoms with Crippen LogP contribution in [0.2, 0.25) is 0 Å². The molecule has 1 aliphatic rings. The second-order valence-electron chi connectivity index (χ2n) is 8.18. The van der Waals surface area contributed by atoms with Gasteiger partial charge in [-0.2, -0.15) is 0 Å². The van der Waals surface area contributed by atoms with E-state index in [0.29, 0.717) is 13.1 Å². The minimum Gasteiger partial charge on any atom is -0.481 e. The van der Waals surface area contributed by atoms with E-state index in [-0.39, 0.29) is 12.5 Å². The second-order valence-corrected chi connectivity index (χ2v) is 10.7. The van der Waals surface area contributed by atoms with Gasteiger partial charge in [-0.1, -0.05) is 48.5 Å². The number of benzene rings is 2. The molecule has 2 N–H and O–H groups in total. The van der Waals surface area contributed by atoms with Gasteiger partial charge in [-0.15, -0.1) is 11.3 Å². The number of rotatable bonds is 9. The molecule has 0 fully saturated rings. The van der Waals surface area contributed by atoms with Crippen LogP contribution < -0.4 is 5.32 Å². The van der Waals surface area contributed by atoms with Gasteiger partial charge in [-0.25, -0.2) is 4.79 Å². The third-order valence-electron chi connectivity index (χ3n) is 5.98. The number of carboxylic acids is 1. The number of carboxylic acid groups (broad SMARTS) is 1. The van der Waals surface area contributed by atoms with E-state index in [4.69, 9.17) is 4.74 Å². The fourth-order valence-corrected chi connectivity index (χ4v) is 5.85. The van der Waals surface area contributed by atoms with Crippen LogP contribution in [0.5, 0.6) is 0 Å². The van der Waals surface area contributed by atoms with Gasteiger partial charge in [-0.3, -0.25) is 9.59 Å². The largest absolute Gasteiger partial charge is 0.481 e. The highest BCUT2D eigenvalue weighted by molar-refractivity contribution is 9.11. The SMILES string of the molecule is CCN(Cc1ccc(Br)s1)C(=O)C(CC(=O)O)NC(=O)OCC1c2ccccc2-c2ccccc21. The fourth-order valence-electron chi connectivity index (χ4n) is 4.35. The predicted molar refractivity (Wildman–Crippen MR) is 137 cm³/mol. The summed E-state index contributed by atoms with van der Waals surface area (Å²) in [7, 11) is 0. The standard InChI is InChI=1S/C26H25BrN2O5S/c1-2-29(14-16-11-12-23(27)35-16)25(32)22(13-24(30)31)28-26(33)34-15-21-19-9-5-3-7-17(19)18-8-4-6-10-20(18)21/h3-12,21-22H,2,13-15H2,1H3,(H,28,33)(H,30,31). The average Bonchev–Trinajstić information content (AvgIpc) is 3.40. The summed E-state index contributed by atoms with van der Waals surface area (Å²) in [4.78, 5) is 39.7. The predicted octanol–water partition coefficient (Wildman–Crippen LogP) is 5.24. The third-order valence-corrected chi connectivity index (χ3v) is 7.59. The lowest BCUT2D eigenvalue weighted by Gasteiger charge is -2.26. The maximum atomic E-state index is 13.1. The molecule has 1 atom stereocenters. The first-order chi connectivity index (χ1) is 16.9. The van der Waals surface area contributed by atoms with Crippen LogP contribution in [-0.2, 0) is 20.9 Å². The fraction of sp³-hybridized carbons (Fsp3) is 0.269. The van der Waals surface area contributed by atoms with E-state index in [1.54, 1.807) is 0 Å². The molecule has 0 radical (unpaired) electrons. The Morgan fingerprint density at radius 1 is 1.06 bits per heavy atom. The number of carbonyl (C=O) groups is 3. The molecule has 0 aliphatic heterocycles. The number of alkyl carbamates (subject to hydrolysis) is 1. The van der Waals surface area contributed by atoms with E-state index in [1.165, 1.54) is 16.2 Å². The molecule has 1 aliphatic carbocycles. The maximum Gasteiger partial charge on any atom is 0.407 e. The number of hydrogen-bond acceptors (Lipinski definition) is 5. The number of ether oxygens (including phenoxy) is 1. The summed E-state index contributed by atoms with van der Waals surface area (Å²) in [5.41, 5.74) is 4.35. The summed E-state index contributed by atoms with van der Waals surface area (Å²) in [5.74, 6) is -1.78. The van der Waals surface area contributed by atoms with Crippen molar-refractivity contribution >= 4 is 45.2 Å². The van der Waals surface area contributed by atoms with Gasteiger partial charge >= 0.3 is 12.1 Å². The first-order valence-corrected chi connectivity index (χ1v) is 12.8. The Morgan fingerprint density at radius 3 is 2.23 bits per heavy atom. The molecular formula is C26H25BrN2O5S. The minimum absolute atomic E-state index is 0.0779. The van der Waals surface area contributed by atoms with Gasteiger partial charge in [0, 0.05) is 17.3 Å². The number of halogens is 1. The van der Waals surface area contributed by atoms with Crippen LogP contribution in [-0.4, -0.2) is 47.2 Å². The van der Waals surface area contributed by atoms with E-state index in [2.05, 4.69) is 21.2 Å². The number of fused-ring (bicyclic) bond motifs is 3. The molecule has 35 heavy (non-hydrogen) atoms. The van der Waals surface area contributed by atoms with E-state index >= 15 is 0 Å². The van der Waals surface area contributed by atoms with E-state index < -0.39 is 30.4 Å². The number of nitrogens with zero attached hydrogens (tertiary/aromatic N) is 1.